The molecule has 0 nitrogen and oxygen atoms in total. The van der Waals surface area contributed by atoms with Crippen molar-refractivity contribution in [2.75, 3.05) is 0 Å². The molecule has 0 aliphatic carbocycles. The second-order valence-corrected chi connectivity index (χ2v) is 14.1. The van der Waals surface area contributed by atoms with Gasteiger partial charge in [-0.15, -0.1) is 212 Å². The third-order valence-electron chi connectivity index (χ3n) is 7.52. The van der Waals surface area contributed by atoms with Gasteiger partial charge in [0.2, 0.25) is 0 Å². The summed E-state index contributed by atoms with van der Waals surface area (Å²) in [4.78, 5) is 0. The van der Waals surface area contributed by atoms with Crippen LogP contribution in [0.5, 0.6) is 0 Å². The Bertz CT molecular complexity index is 1770. The van der Waals surface area contributed by atoms with Crippen molar-refractivity contribution in [3.05, 3.63) is 217 Å². The van der Waals surface area contributed by atoms with Gasteiger partial charge in [-0.3, -0.25) is 0 Å². The number of rotatable bonds is 4. The minimum Gasteiger partial charge on any atom is -1.00 e. The van der Waals surface area contributed by atoms with E-state index < -0.39 is 0 Å². The van der Waals surface area contributed by atoms with Gasteiger partial charge in [0, 0.05) is 51.7 Å². The fourth-order valence-electron chi connectivity index (χ4n) is 5.39. The zero-order valence-corrected chi connectivity index (χ0v) is 42.4. The molecule has 0 aliphatic rings. The van der Waals surface area contributed by atoms with Gasteiger partial charge in [-0.1, -0.05) is 52.0 Å². The number of benzene rings is 4. The van der Waals surface area contributed by atoms with Crippen LogP contribution in [0.15, 0.2) is 195 Å². The van der Waals surface area contributed by atoms with E-state index in [0.29, 0.717) is 0 Å². The molecule has 0 bridgehead atoms. The summed E-state index contributed by atoms with van der Waals surface area (Å²) in [6.07, 6.45) is 0. The fourth-order valence-corrected chi connectivity index (χ4v) is 5.72. The fraction of sp³-hybridized carbons (Fsp3) is 0.0833. The zero-order chi connectivity index (χ0) is 36.1. The normalized spacial score (nSPS) is 8.96. The predicted octanol–water partition coefficient (Wildman–Crippen LogP) is 7.43. The van der Waals surface area contributed by atoms with Gasteiger partial charge in [-0.2, -0.15) is 24.3 Å². The molecule has 6 heteroatoms. The summed E-state index contributed by atoms with van der Waals surface area (Å²) in [6.45, 7) is 22.5. The molecule has 0 amide bonds. The maximum Gasteiger partial charge on any atom is 0.0997 e. The maximum atomic E-state index is 3.49. The van der Waals surface area contributed by atoms with E-state index >= 15 is 0 Å². The summed E-state index contributed by atoms with van der Waals surface area (Å²) < 4.78 is 0. The van der Waals surface area contributed by atoms with Crippen LogP contribution in [0.25, 0.3) is 43.1 Å². The molecule has 4 radical (unpaired) electrons. The molecule has 0 spiro atoms. The minimum atomic E-state index is 0. The zero-order valence-electron chi connectivity index (χ0n) is 31.8. The van der Waals surface area contributed by atoms with Gasteiger partial charge < -0.3 is 24.8 Å². The van der Waals surface area contributed by atoms with E-state index in [9.17, 15) is 0 Å². The van der Waals surface area contributed by atoms with Gasteiger partial charge in [0.15, 0.2) is 0 Å². The van der Waals surface area contributed by atoms with E-state index in [4.69, 9.17) is 0 Å². The topological polar surface area (TPSA) is 0 Å². The third kappa shape index (κ3) is 19.1. The van der Waals surface area contributed by atoms with E-state index in [1.54, 1.807) is 0 Å². The molecule has 0 aliphatic heterocycles. The summed E-state index contributed by atoms with van der Waals surface area (Å²) in [5.41, 5.74) is 12.8. The molecular weight excluding hydrogens is 1060 g/mol. The van der Waals surface area contributed by atoms with Crippen LogP contribution in [0.1, 0.15) is 22.3 Å². The number of aryl methyl sites for hydroxylation is 4. The Morgan fingerprint density at radius 1 is 0.370 bits per heavy atom. The van der Waals surface area contributed by atoms with Gasteiger partial charge in [0.1, 0.15) is 0 Å². The van der Waals surface area contributed by atoms with E-state index in [1.165, 1.54) is 65.3 Å². The van der Waals surface area contributed by atoms with Crippen molar-refractivity contribution < 1.29 is 76.5 Å². The van der Waals surface area contributed by atoms with Crippen molar-refractivity contribution >= 4 is 62.1 Å². The van der Waals surface area contributed by atoms with Crippen molar-refractivity contribution in [2.45, 2.75) is 27.7 Å². The molecule has 8 aromatic carbocycles. The summed E-state index contributed by atoms with van der Waals surface area (Å²) in [5, 5.41) is 10.8. The Hall–Kier alpha value is -2.97. The Morgan fingerprint density at radius 2 is 0.556 bits per heavy atom. The summed E-state index contributed by atoms with van der Waals surface area (Å²) in [5.74, 6) is 0. The van der Waals surface area contributed by atoms with Gasteiger partial charge in [0.05, 0.1) is 19.0 Å². The van der Waals surface area contributed by atoms with Gasteiger partial charge >= 0.3 is 0 Å². The first-order valence-electron chi connectivity index (χ1n) is 16.7. The average Bonchev–Trinajstić information content (AvgIpc) is 3.89. The van der Waals surface area contributed by atoms with Crippen molar-refractivity contribution in [3.8, 4) is 0 Å². The molecule has 0 saturated heterocycles. The summed E-state index contributed by atoms with van der Waals surface area (Å²) >= 11 is 0. The van der Waals surface area contributed by atoms with E-state index in [-0.39, 0.29) is 76.5 Å². The smallest absolute Gasteiger partial charge is 0.0997 e. The Kier molecular flexibility index (Phi) is 29.8. The molecule has 8 rings (SSSR count). The standard InChI is InChI=1S/4C10H9.2C4H6Si.2ClH.2Hf/c4*1-8-6-9-4-2-3-5-10(9)7-8;2*1-3-5-4-2;;;;/h4*2-7H,1H3;2*3-4H,1-2H2;2*1H;;/q4*-1;;;;;;/p-2. The average molecular weight is 1110 g/mol. The molecule has 0 unspecified atom stereocenters. The van der Waals surface area contributed by atoms with E-state index in [1.807, 2.05) is 22.8 Å². The van der Waals surface area contributed by atoms with Crippen LogP contribution >= 0.6 is 0 Å². The second kappa shape index (κ2) is 30.3. The quantitative estimate of drug-likeness (QED) is 0.127. The Morgan fingerprint density at radius 3 is 0.704 bits per heavy atom. The van der Waals surface area contributed by atoms with Crippen LogP contribution in [-0.2, 0) is 51.7 Å². The monoisotopic (exact) mass is 1110 g/mol. The minimum absolute atomic E-state index is 0. The van der Waals surface area contributed by atoms with E-state index in [2.05, 4.69) is 200 Å². The van der Waals surface area contributed by atoms with Crippen LogP contribution in [0.2, 0.25) is 0 Å². The summed E-state index contributed by atoms with van der Waals surface area (Å²) in [7, 11) is 1.45. The number of halogens is 2. The predicted molar refractivity (Wildman–Crippen MR) is 229 cm³/mol. The summed E-state index contributed by atoms with van der Waals surface area (Å²) in [6, 6.07) is 51.3. The molecule has 0 heterocycles. The molecular formula is C48H48Cl2Hf2Si2-6. The molecule has 0 saturated carbocycles. The number of hydrogen-bond donors (Lipinski definition) is 0. The Balaban J connectivity index is 0. The van der Waals surface area contributed by atoms with Crippen molar-refractivity contribution in [1.82, 2.24) is 0 Å². The van der Waals surface area contributed by atoms with Crippen LogP contribution in [0.4, 0.5) is 0 Å². The SMILES string of the molecule is C=C[Si]C=C.C=C[Si]C=C.Cc1cc2ccccc2[cH-]1.Cc1cc2ccccc2[cH-]1.Cc1cc2ccccc2[cH-]1.Cc1cc2ccccc2[cH-]1.[Cl-].[Cl-].[Hf].[Hf]. The first-order valence-corrected chi connectivity index (χ1v) is 19.0. The Labute approximate surface area is 379 Å². The van der Waals surface area contributed by atoms with Gasteiger partial charge in [-0.05, 0) is 0 Å². The largest absolute Gasteiger partial charge is 1.00 e. The van der Waals surface area contributed by atoms with Gasteiger partial charge in [0.25, 0.3) is 0 Å². The first kappa shape index (κ1) is 53.1. The van der Waals surface area contributed by atoms with Crippen LogP contribution in [0.3, 0.4) is 0 Å². The van der Waals surface area contributed by atoms with Gasteiger partial charge in [-0.25, -0.2) is 0 Å². The molecule has 0 aromatic heterocycles. The molecule has 0 N–H and O–H groups in total. The van der Waals surface area contributed by atoms with Crippen LogP contribution in [-0.4, -0.2) is 19.0 Å². The van der Waals surface area contributed by atoms with Crippen LogP contribution in [0, 0.1) is 27.7 Å². The second-order valence-electron chi connectivity index (χ2n) is 11.8. The molecule has 0 atom stereocenters. The molecule has 54 heavy (non-hydrogen) atoms. The molecule has 276 valence electrons. The van der Waals surface area contributed by atoms with Crippen LogP contribution < -0.4 is 24.8 Å². The number of fused-ring (bicyclic) bond motifs is 4. The van der Waals surface area contributed by atoms with Crippen molar-refractivity contribution in [2.24, 2.45) is 0 Å². The first-order chi connectivity index (χ1) is 24.3. The van der Waals surface area contributed by atoms with Crippen molar-refractivity contribution in [1.29, 1.82) is 0 Å². The molecule has 8 aromatic rings. The molecule has 0 fully saturated rings. The van der Waals surface area contributed by atoms with E-state index in [0.717, 1.165) is 19.0 Å². The third-order valence-corrected chi connectivity index (χ3v) is 8.46. The van der Waals surface area contributed by atoms with Crippen molar-refractivity contribution in [3.63, 3.8) is 0 Å². The number of hydrogen-bond acceptors (Lipinski definition) is 0. The maximum absolute atomic E-state index is 3.49.